The molecule has 0 radical (unpaired) electrons. The number of hydrogen-bond donors (Lipinski definition) is 4. The van der Waals surface area contributed by atoms with Gasteiger partial charge in [0.05, 0.1) is 6.54 Å². The Morgan fingerprint density at radius 3 is 2.14 bits per heavy atom. The second-order valence-corrected chi connectivity index (χ2v) is 2.43. The van der Waals surface area contributed by atoms with Gasteiger partial charge in [0.1, 0.15) is 0 Å². The van der Waals surface area contributed by atoms with Gasteiger partial charge >= 0.3 is 0 Å². The van der Waals surface area contributed by atoms with Crippen molar-refractivity contribution in [2.24, 2.45) is 0 Å². The summed E-state index contributed by atoms with van der Waals surface area (Å²) in [7, 11) is 0. The Hall–Kier alpha value is -1.66. The highest BCUT2D eigenvalue weighted by atomic mass is 16.5. The monoisotopic (exact) mass is 200 g/mol. The van der Waals surface area contributed by atoms with Gasteiger partial charge in [-0.15, -0.1) is 0 Å². The van der Waals surface area contributed by atoms with E-state index in [1.165, 1.54) is 0 Å². The lowest BCUT2D eigenvalue weighted by Gasteiger charge is -2.21. The molecule has 0 heterocycles. The number of hydrogen-bond acceptors (Lipinski definition) is 4. The summed E-state index contributed by atoms with van der Waals surface area (Å²) in [6, 6.07) is 0. The highest BCUT2D eigenvalue weighted by molar-refractivity contribution is 5.88. The molecule has 78 valence electrons. The fourth-order valence-electron chi connectivity index (χ4n) is 0.575. The minimum absolute atomic E-state index is 0.544. The summed E-state index contributed by atoms with van der Waals surface area (Å²) >= 11 is 0. The smallest absolute Gasteiger partial charge is 0.264 e. The van der Waals surface area contributed by atoms with Gasteiger partial charge in [0.25, 0.3) is 5.91 Å². The zero-order chi connectivity index (χ0) is 11.2. The van der Waals surface area contributed by atoms with Crippen LogP contribution in [0.2, 0.25) is 0 Å². The Kier molecular flexibility index (Phi) is 4.54. The van der Waals surface area contributed by atoms with Gasteiger partial charge in [-0.2, -0.15) is 0 Å². The van der Waals surface area contributed by atoms with Crippen molar-refractivity contribution in [2.75, 3.05) is 6.54 Å². The summed E-state index contributed by atoms with van der Waals surface area (Å²) in [5.41, 5.74) is 0. The molecule has 0 rings (SSSR count). The highest BCUT2D eigenvalue weighted by Gasteiger charge is 2.24. The Morgan fingerprint density at radius 1 is 1.21 bits per heavy atom. The molecule has 14 heavy (non-hydrogen) atoms. The van der Waals surface area contributed by atoms with Crippen molar-refractivity contribution in [3.63, 3.8) is 0 Å². The van der Waals surface area contributed by atoms with E-state index in [9.17, 15) is 9.59 Å². The van der Waals surface area contributed by atoms with Crippen LogP contribution in [0.4, 0.5) is 0 Å². The lowest BCUT2D eigenvalue weighted by Crippen LogP contribution is -2.55. The van der Waals surface area contributed by atoms with Gasteiger partial charge in [0, 0.05) is 0 Å². The van der Waals surface area contributed by atoms with E-state index in [1.54, 1.807) is 5.32 Å². The predicted molar refractivity (Wildman–Crippen MR) is 48.7 cm³/mol. The van der Waals surface area contributed by atoms with E-state index in [0.29, 0.717) is 0 Å². The molecule has 6 heteroatoms. The number of nitrogens with one attached hydrogen (secondary N) is 2. The highest BCUT2D eigenvalue weighted by Crippen LogP contribution is 1.91. The van der Waals surface area contributed by atoms with Crippen LogP contribution in [0.15, 0.2) is 25.3 Å². The first-order valence-electron chi connectivity index (χ1n) is 3.71. The third kappa shape index (κ3) is 5.07. The van der Waals surface area contributed by atoms with Crippen LogP contribution in [-0.4, -0.2) is 34.5 Å². The van der Waals surface area contributed by atoms with E-state index in [1.807, 2.05) is 0 Å². The first-order chi connectivity index (χ1) is 6.41. The molecule has 0 unspecified atom stereocenters. The molecule has 4 N–H and O–H groups in total. The molecule has 0 saturated heterocycles. The SMILES string of the molecule is C=CC(=O)NCC(O)(O)NC(=O)C=C. The van der Waals surface area contributed by atoms with Crippen molar-refractivity contribution in [3.8, 4) is 0 Å². The molecule has 0 aromatic carbocycles. The fraction of sp³-hybridized carbons (Fsp3) is 0.250. The van der Waals surface area contributed by atoms with Crippen LogP contribution >= 0.6 is 0 Å². The number of amides is 2. The quantitative estimate of drug-likeness (QED) is 0.312. The Bertz CT molecular complexity index is 260. The molecular formula is C8H12N2O4. The second kappa shape index (κ2) is 5.15. The lowest BCUT2D eigenvalue weighted by molar-refractivity contribution is -0.185. The summed E-state index contributed by atoms with van der Waals surface area (Å²) < 4.78 is 0. The molecule has 0 aliphatic rings. The van der Waals surface area contributed by atoms with Gasteiger partial charge in [-0.3, -0.25) is 9.59 Å². The molecule has 0 aromatic rings. The topological polar surface area (TPSA) is 98.7 Å². The number of carbonyl (C=O) groups excluding carboxylic acids is 2. The standard InChI is InChI=1S/C8H12N2O4/c1-3-6(11)9-5-8(13,14)10-7(12)4-2/h3-4,13-14H,1-2,5H2,(H,9,11)(H,10,12). The summed E-state index contributed by atoms with van der Waals surface area (Å²) in [6.07, 6.45) is 1.84. The van der Waals surface area contributed by atoms with E-state index >= 15 is 0 Å². The Balaban J connectivity index is 4.06. The molecule has 0 spiro atoms. The second-order valence-electron chi connectivity index (χ2n) is 2.43. The first-order valence-corrected chi connectivity index (χ1v) is 3.71. The van der Waals surface area contributed by atoms with Crippen molar-refractivity contribution in [1.82, 2.24) is 10.6 Å². The van der Waals surface area contributed by atoms with Crippen molar-refractivity contribution in [3.05, 3.63) is 25.3 Å². The Labute approximate surface area is 80.9 Å². The zero-order valence-corrected chi connectivity index (χ0v) is 7.49. The molecule has 2 amide bonds. The number of aliphatic hydroxyl groups is 2. The normalized spacial score (nSPS) is 10.1. The molecule has 0 aliphatic carbocycles. The van der Waals surface area contributed by atoms with Gasteiger partial charge < -0.3 is 20.8 Å². The van der Waals surface area contributed by atoms with Crippen LogP contribution in [0.3, 0.4) is 0 Å². The van der Waals surface area contributed by atoms with Crippen LogP contribution in [0.25, 0.3) is 0 Å². The predicted octanol–water partition coefficient (Wildman–Crippen LogP) is -1.77. The minimum atomic E-state index is -2.50. The average molecular weight is 200 g/mol. The van der Waals surface area contributed by atoms with Gasteiger partial charge in [-0.1, -0.05) is 13.2 Å². The van der Waals surface area contributed by atoms with E-state index in [4.69, 9.17) is 10.2 Å². The van der Waals surface area contributed by atoms with Gasteiger partial charge in [-0.05, 0) is 12.2 Å². The van der Waals surface area contributed by atoms with Crippen molar-refractivity contribution >= 4 is 11.8 Å². The van der Waals surface area contributed by atoms with Crippen LogP contribution in [0.1, 0.15) is 0 Å². The summed E-state index contributed by atoms with van der Waals surface area (Å²) in [5.74, 6) is -3.84. The van der Waals surface area contributed by atoms with E-state index in [-0.39, 0.29) is 0 Å². The van der Waals surface area contributed by atoms with Crippen LogP contribution in [0.5, 0.6) is 0 Å². The van der Waals surface area contributed by atoms with Crippen molar-refractivity contribution in [2.45, 2.75) is 5.91 Å². The Morgan fingerprint density at radius 2 is 1.71 bits per heavy atom. The lowest BCUT2D eigenvalue weighted by atomic mass is 10.4. The van der Waals surface area contributed by atoms with E-state index < -0.39 is 24.3 Å². The molecule has 0 aromatic heterocycles. The maximum atomic E-state index is 10.7. The average Bonchev–Trinajstić information content (AvgIpc) is 2.13. The van der Waals surface area contributed by atoms with Gasteiger partial charge in [-0.25, -0.2) is 0 Å². The van der Waals surface area contributed by atoms with Crippen molar-refractivity contribution < 1.29 is 19.8 Å². The number of carbonyl (C=O) groups is 2. The molecular weight excluding hydrogens is 188 g/mol. The summed E-state index contributed by atoms with van der Waals surface area (Å²) in [5, 5.41) is 22.1. The largest absolute Gasteiger partial charge is 0.347 e. The first kappa shape index (κ1) is 12.3. The van der Waals surface area contributed by atoms with Crippen LogP contribution < -0.4 is 10.6 Å². The molecule has 0 fully saturated rings. The van der Waals surface area contributed by atoms with Crippen LogP contribution in [-0.2, 0) is 9.59 Å². The minimum Gasteiger partial charge on any atom is -0.347 e. The molecule has 0 saturated carbocycles. The maximum absolute atomic E-state index is 10.7. The summed E-state index contributed by atoms with van der Waals surface area (Å²) in [6.45, 7) is 5.73. The van der Waals surface area contributed by atoms with E-state index in [2.05, 4.69) is 18.5 Å². The maximum Gasteiger partial charge on any atom is 0.264 e. The fourth-order valence-corrected chi connectivity index (χ4v) is 0.575. The van der Waals surface area contributed by atoms with Gasteiger partial charge in [0.15, 0.2) is 0 Å². The van der Waals surface area contributed by atoms with E-state index in [0.717, 1.165) is 12.2 Å². The molecule has 0 atom stereocenters. The van der Waals surface area contributed by atoms with Gasteiger partial charge in [0.2, 0.25) is 11.8 Å². The van der Waals surface area contributed by atoms with Crippen LogP contribution in [0, 0.1) is 0 Å². The third-order valence-electron chi connectivity index (χ3n) is 1.20. The molecule has 6 nitrogen and oxygen atoms in total. The summed E-state index contributed by atoms with van der Waals surface area (Å²) in [4.78, 5) is 21.3. The zero-order valence-electron chi connectivity index (χ0n) is 7.49. The van der Waals surface area contributed by atoms with Crippen molar-refractivity contribution in [1.29, 1.82) is 0 Å². The molecule has 0 bridgehead atoms. The third-order valence-corrected chi connectivity index (χ3v) is 1.20. The molecule has 0 aliphatic heterocycles. The number of rotatable bonds is 5.